The fraction of sp³-hybridized carbons (Fsp3) is 0.0952. The Bertz CT molecular complexity index is 772. The van der Waals surface area contributed by atoms with E-state index in [4.69, 9.17) is 4.74 Å². The molecule has 3 aromatic carbocycles. The molecule has 0 aliphatic heterocycles. The molecular weight excluding hydrogens is 284 g/mol. The van der Waals surface area contributed by atoms with Gasteiger partial charge in [0.2, 0.25) is 0 Å². The van der Waals surface area contributed by atoms with Crippen molar-refractivity contribution < 1.29 is 9.53 Å². The van der Waals surface area contributed by atoms with Crippen molar-refractivity contribution in [1.82, 2.24) is 0 Å². The Hall–Kier alpha value is -2.87. The number of ether oxygens (including phenoxy) is 1. The Balaban J connectivity index is 1.62. The minimum Gasteiger partial charge on any atom is -0.485 e. The molecular formula is C21H18O2. The van der Waals surface area contributed by atoms with E-state index in [1.54, 1.807) is 0 Å². The van der Waals surface area contributed by atoms with Crippen LogP contribution in [0.4, 0.5) is 0 Å². The summed E-state index contributed by atoms with van der Waals surface area (Å²) in [5.41, 5.74) is 4.10. The normalized spacial score (nSPS) is 10.3. The lowest BCUT2D eigenvalue weighted by atomic mass is 10.1. The summed E-state index contributed by atoms with van der Waals surface area (Å²) in [6.07, 6.45) is 0. The van der Waals surface area contributed by atoms with Crippen LogP contribution in [0.1, 0.15) is 15.9 Å². The van der Waals surface area contributed by atoms with Gasteiger partial charge in [-0.25, -0.2) is 0 Å². The van der Waals surface area contributed by atoms with E-state index in [0.717, 1.165) is 16.7 Å². The van der Waals surface area contributed by atoms with Gasteiger partial charge >= 0.3 is 0 Å². The summed E-state index contributed by atoms with van der Waals surface area (Å²) < 4.78 is 5.59. The van der Waals surface area contributed by atoms with Crippen LogP contribution in [0.5, 0.6) is 5.75 Å². The summed E-state index contributed by atoms with van der Waals surface area (Å²) in [4.78, 5) is 12.1. The second-order valence-electron chi connectivity index (χ2n) is 5.47. The molecule has 0 saturated heterocycles. The van der Waals surface area contributed by atoms with Gasteiger partial charge in [0.05, 0.1) is 0 Å². The van der Waals surface area contributed by atoms with Crippen LogP contribution in [-0.2, 0) is 0 Å². The molecule has 2 nitrogen and oxygen atoms in total. The zero-order valence-electron chi connectivity index (χ0n) is 13.0. The fourth-order valence-electron chi connectivity index (χ4n) is 2.35. The number of carbonyl (C=O) groups excluding carboxylic acids is 1. The molecule has 0 aliphatic rings. The molecule has 0 aliphatic carbocycles. The predicted octanol–water partition coefficient (Wildman–Crippen LogP) is 4.92. The minimum absolute atomic E-state index is 0.0165. The van der Waals surface area contributed by atoms with Crippen molar-refractivity contribution in [2.45, 2.75) is 6.92 Å². The first-order valence-electron chi connectivity index (χ1n) is 7.60. The van der Waals surface area contributed by atoms with Gasteiger partial charge in [-0.15, -0.1) is 0 Å². The van der Waals surface area contributed by atoms with Crippen LogP contribution in [0.15, 0.2) is 78.9 Å². The lowest BCUT2D eigenvalue weighted by Gasteiger charge is -2.07. The van der Waals surface area contributed by atoms with Gasteiger partial charge in [0.1, 0.15) is 5.75 Å². The minimum atomic E-state index is -0.0165. The van der Waals surface area contributed by atoms with Gasteiger partial charge in [0.15, 0.2) is 12.4 Å². The highest BCUT2D eigenvalue weighted by Gasteiger charge is 2.06. The summed E-state index contributed by atoms with van der Waals surface area (Å²) in [5.74, 6) is 0.683. The number of Topliss-reactive ketones (excluding diaryl/α,β-unsaturated/α-hetero) is 1. The van der Waals surface area contributed by atoms with Crippen LogP contribution in [0.2, 0.25) is 0 Å². The van der Waals surface area contributed by atoms with Gasteiger partial charge in [-0.1, -0.05) is 72.3 Å². The van der Waals surface area contributed by atoms with E-state index in [2.05, 4.69) is 12.1 Å². The van der Waals surface area contributed by atoms with Gasteiger partial charge < -0.3 is 4.74 Å². The Labute approximate surface area is 136 Å². The Kier molecular flexibility index (Phi) is 4.53. The molecule has 0 saturated carbocycles. The molecule has 0 N–H and O–H groups in total. The maximum absolute atomic E-state index is 12.1. The van der Waals surface area contributed by atoms with Gasteiger partial charge in [-0.3, -0.25) is 4.79 Å². The number of ketones is 1. The first-order chi connectivity index (χ1) is 11.2. The van der Waals surface area contributed by atoms with Crippen molar-refractivity contribution in [3.63, 3.8) is 0 Å². The molecule has 2 heteroatoms. The zero-order valence-corrected chi connectivity index (χ0v) is 13.0. The highest BCUT2D eigenvalue weighted by molar-refractivity contribution is 5.97. The highest BCUT2D eigenvalue weighted by Crippen LogP contribution is 2.22. The first kappa shape index (κ1) is 15.0. The molecule has 0 spiro atoms. The Morgan fingerprint density at radius 3 is 2.04 bits per heavy atom. The maximum atomic E-state index is 12.1. The van der Waals surface area contributed by atoms with Crippen molar-refractivity contribution in [3.8, 4) is 16.9 Å². The Morgan fingerprint density at radius 2 is 1.39 bits per heavy atom. The quantitative estimate of drug-likeness (QED) is 0.625. The summed E-state index contributed by atoms with van der Waals surface area (Å²) in [6.45, 7) is 2.05. The van der Waals surface area contributed by atoms with Crippen LogP contribution in [0.25, 0.3) is 11.1 Å². The zero-order chi connectivity index (χ0) is 16.1. The SMILES string of the molecule is Cc1ccc(C(=O)COc2ccc(-c3ccccc3)cc2)cc1. The van der Waals surface area contributed by atoms with E-state index >= 15 is 0 Å². The molecule has 0 atom stereocenters. The number of rotatable bonds is 5. The molecule has 23 heavy (non-hydrogen) atoms. The second kappa shape index (κ2) is 6.93. The molecule has 0 heterocycles. The third kappa shape index (κ3) is 3.86. The van der Waals surface area contributed by atoms with Crippen LogP contribution in [0.3, 0.4) is 0 Å². The second-order valence-corrected chi connectivity index (χ2v) is 5.47. The lowest BCUT2D eigenvalue weighted by Crippen LogP contribution is -2.11. The Morgan fingerprint density at radius 1 is 0.783 bits per heavy atom. The van der Waals surface area contributed by atoms with Gasteiger partial charge in [0.25, 0.3) is 0 Å². The van der Waals surface area contributed by atoms with E-state index in [1.807, 2.05) is 73.7 Å². The van der Waals surface area contributed by atoms with E-state index in [-0.39, 0.29) is 12.4 Å². The van der Waals surface area contributed by atoms with Gasteiger partial charge in [-0.2, -0.15) is 0 Å². The van der Waals surface area contributed by atoms with Crippen LogP contribution in [-0.4, -0.2) is 12.4 Å². The van der Waals surface area contributed by atoms with Crippen molar-refractivity contribution in [2.24, 2.45) is 0 Å². The number of hydrogen-bond donors (Lipinski definition) is 0. The van der Waals surface area contributed by atoms with E-state index in [9.17, 15) is 4.79 Å². The molecule has 3 rings (SSSR count). The van der Waals surface area contributed by atoms with Crippen LogP contribution < -0.4 is 4.74 Å². The van der Waals surface area contributed by atoms with E-state index in [0.29, 0.717) is 11.3 Å². The standard InChI is InChI=1S/C21H18O2/c1-16-7-9-19(10-8-16)21(22)15-23-20-13-11-18(12-14-20)17-5-3-2-4-6-17/h2-14H,15H2,1H3. The predicted molar refractivity (Wildman–Crippen MR) is 92.9 cm³/mol. The topological polar surface area (TPSA) is 26.3 Å². The third-order valence-corrected chi connectivity index (χ3v) is 3.70. The van der Waals surface area contributed by atoms with Crippen molar-refractivity contribution in [2.75, 3.05) is 6.61 Å². The number of carbonyl (C=O) groups is 1. The molecule has 0 radical (unpaired) electrons. The summed E-state index contributed by atoms with van der Waals surface area (Å²) in [6, 6.07) is 25.5. The molecule has 0 aromatic heterocycles. The first-order valence-corrected chi connectivity index (χ1v) is 7.60. The third-order valence-electron chi connectivity index (χ3n) is 3.70. The van der Waals surface area contributed by atoms with Crippen LogP contribution >= 0.6 is 0 Å². The molecule has 114 valence electrons. The average molecular weight is 302 g/mol. The molecule has 0 bridgehead atoms. The van der Waals surface area contributed by atoms with Gasteiger partial charge in [0, 0.05) is 5.56 Å². The molecule has 0 unspecified atom stereocenters. The monoisotopic (exact) mass is 302 g/mol. The molecule has 0 amide bonds. The average Bonchev–Trinajstić information content (AvgIpc) is 2.61. The largest absolute Gasteiger partial charge is 0.485 e. The van der Waals surface area contributed by atoms with Gasteiger partial charge in [-0.05, 0) is 30.2 Å². The summed E-state index contributed by atoms with van der Waals surface area (Å²) in [7, 11) is 0. The van der Waals surface area contributed by atoms with Crippen molar-refractivity contribution in [3.05, 3.63) is 90.0 Å². The van der Waals surface area contributed by atoms with Crippen molar-refractivity contribution in [1.29, 1.82) is 0 Å². The highest BCUT2D eigenvalue weighted by atomic mass is 16.5. The lowest BCUT2D eigenvalue weighted by molar-refractivity contribution is 0.0921. The number of aryl methyl sites for hydroxylation is 1. The van der Waals surface area contributed by atoms with E-state index in [1.165, 1.54) is 0 Å². The maximum Gasteiger partial charge on any atom is 0.200 e. The number of benzene rings is 3. The smallest absolute Gasteiger partial charge is 0.200 e. The summed E-state index contributed by atoms with van der Waals surface area (Å²) in [5, 5.41) is 0. The fourth-order valence-corrected chi connectivity index (χ4v) is 2.35. The molecule has 0 fully saturated rings. The molecule has 3 aromatic rings. The van der Waals surface area contributed by atoms with Crippen molar-refractivity contribution >= 4 is 5.78 Å². The van der Waals surface area contributed by atoms with Crippen LogP contribution in [0, 0.1) is 6.92 Å². The number of hydrogen-bond acceptors (Lipinski definition) is 2. The summed E-state index contributed by atoms with van der Waals surface area (Å²) >= 11 is 0. The van der Waals surface area contributed by atoms with E-state index < -0.39 is 0 Å².